The molecule has 2 aromatic rings. The van der Waals surface area contributed by atoms with Crippen molar-refractivity contribution in [1.29, 1.82) is 0 Å². The number of carbonyl (C=O) groups is 1. The van der Waals surface area contributed by atoms with Crippen molar-refractivity contribution in [2.45, 2.75) is 25.0 Å². The number of thioether (sulfide) groups is 1. The summed E-state index contributed by atoms with van der Waals surface area (Å²) < 4.78 is 0. The second-order valence-corrected chi connectivity index (χ2v) is 8.56. The van der Waals surface area contributed by atoms with Crippen molar-refractivity contribution in [2.75, 3.05) is 18.8 Å². The third-order valence-corrected chi connectivity index (χ3v) is 6.54. The number of rotatable bonds is 6. The number of nitrogens with zero attached hydrogens (tertiary/aromatic N) is 1. The van der Waals surface area contributed by atoms with Gasteiger partial charge in [-0.2, -0.15) is 0 Å². The van der Waals surface area contributed by atoms with Gasteiger partial charge in [0.25, 0.3) is 0 Å². The molecule has 0 aliphatic carbocycles. The van der Waals surface area contributed by atoms with Gasteiger partial charge in [0.1, 0.15) is 0 Å². The molecule has 1 heterocycles. The number of hydrogen-bond donors (Lipinski definition) is 0. The second kappa shape index (κ2) is 9.68. The molecule has 1 fully saturated rings. The molecule has 3 rings (SSSR count). The number of piperidine rings is 1. The van der Waals surface area contributed by atoms with Crippen LogP contribution in [-0.2, 0) is 17.0 Å². The molecule has 1 saturated heterocycles. The molecular weight excluding hydrogens is 385 g/mol. The summed E-state index contributed by atoms with van der Waals surface area (Å²) in [7, 11) is 0. The Morgan fingerprint density at radius 2 is 1.73 bits per heavy atom. The molecule has 0 unspecified atom stereocenters. The van der Waals surface area contributed by atoms with E-state index in [1.165, 1.54) is 5.56 Å². The van der Waals surface area contributed by atoms with E-state index >= 15 is 0 Å². The Bertz CT molecular complexity index is 730. The smallest absolute Gasteiger partial charge is 0.232 e. The lowest BCUT2D eigenvalue weighted by Gasteiger charge is -2.32. The summed E-state index contributed by atoms with van der Waals surface area (Å²) in [4.78, 5) is 14.4. The minimum absolute atomic E-state index is 0.244. The SMILES string of the molecule is O=C(CSCc1ccc(Cl)c(Cl)c1)N1CCC(Cc2ccccc2)CC1. The maximum atomic E-state index is 12.4. The number of likely N-dealkylation sites (tertiary alicyclic amines) is 1. The summed E-state index contributed by atoms with van der Waals surface area (Å²) in [6.45, 7) is 1.76. The van der Waals surface area contributed by atoms with E-state index in [1.807, 2.05) is 17.0 Å². The summed E-state index contributed by atoms with van der Waals surface area (Å²) in [5, 5.41) is 1.13. The monoisotopic (exact) mass is 407 g/mol. The Morgan fingerprint density at radius 3 is 2.42 bits per heavy atom. The van der Waals surface area contributed by atoms with Crippen LogP contribution in [0.25, 0.3) is 0 Å². The van der Waals surface area contributed by atoms with Gasteiger partial charge in [-0.3, -0.25) is 4.79 Å². The number of amides is 1. The predicted molar refractivity (Wildman–Crippen MR) is 112 cm³/mol. The lowest BCUT2D eigenvalue weighted by atomic mass is 9.90. The van der Waals surface area contributed by atoms with Gasteiger partial charge >= 0.3 is 0 Å². The predicted octanol–water partition coefficient (Wildman–Crippen LogP) is 5.71. The van der Waals surface area contributed by atoms with Crippen LogP contribution in [0.5, 0.6) is 0 Å². The molecule has 1 aliphatic rings. The molecule has 1 aliphatic heterocycles. The van der Waals surface area contributed by atoms with Crippen LogP contribution in [0.1, 0.15) is 24.0 Å². The van der Waals surface area contributed by atoms with Crippen molar-refractivity contribution in [3.8, 4) is 0 Å². The fourth-order valence-electron chi connectivity index (χ4n) is 3.31. The molecule has 0 saturated carbocycles. The van der Waals surface area contributed by atoms with Crippen LogP contribution in [0, 0.1) is 5.92 Å². The first-order valence-electron chi connectivity index (χ1n) is 8.95. The minimum atomic E-state index is 0.244. The van der Waals surface area contributed by atoms with Gasteiger partial charge in [0.05, 0.1) is 15.8 Å². The third-order valence-electron chi connectivity index (χ3n) is 4.81. The second-order valence-electron chi connectivity index (χ2n) is 6.76. The molecule has 0 aromatic heterocycles. The molecular formula is C21H23Cl2NOS. The number of carbonyl (C=O) groups excluding carboxylic acids is 1. The normalized spacial score (nSPS) is 15.2. The molecule has 0 bridgehead atoms. The van der Waals surface area contributed by atoms with E-state index in [-0.39, 0.29) is 5.91 Å². The highest BCUT2D eigenvalue weighted by Crippen LogP contribution is 2.25. The Morgan fingerprint density at radius 1 is 1.00 bits per heavy atom. The summed E-state index contributed by atoms with van der Waals surface area (Å²) in [5.74, 6) is 2.22. The van der Waals surface area contributed by atoms with Crippen molar-refractivity contribution < 1.29 is 4.79 Å². The van der Waals surface area contributed by atoms with Crippen LogP contribution in [0.2, 0.25) is 10.0 Å². The third kappa shape index (κ3) is 5.67. The molecule has 0 radical (unpaired) electrons. The zero-order valence-corrected chi connectivity index (χ0v) is 17.0. The standard InChI is InChI=1S/C21H23Cl2NOS/c22-19-7-6-18(13-20(19)23)14-26-15-21(25)24-10-8-17(9-11-24)12-16-4-2-1-3-5-16/h1-7,13,17H,8-12,14-15H2. The van der Waals surface area contributed by atoms with E-state index in [9.17, 15) is 4.79 Å². The first kappa shape index (κ1) is 19.6. The average Bonchev–Trinajstić information content (AvgIpc) is 2.66. The molecule has 26 heavy (non-hydrogen) atoms. The first-order chi connectivity index (χ1) is 12.6. The van der Waals surface area contributed by atoms with Crippen molar-refractivity contribution in [3.63, 3.8) is 0 Å². The molecule has 0 spiro atoms. The van der Waals surface area contributed by atoms with Crippen LogP contribution in [0.3, 0.4) is 0 Å². The molecule has 138 valence electrons. The first-order valence-corrected chi connectivity index (χ1v) is 10.9. The highest BCUT2D eigenvalue weighted by molar-refractivity contribution is 7.99. The number of benzene rings is 2. The van der Waals surface area contributed by atoms with Crippen LogP contribution in [0.4, 0.5) is 0 Å². The van der Waals surface area contributed by atoms with E-state index in [2.05, 4.69) is 30.3 Å². The average molecular weight is 408 g/mol. The van der Waals surface area contributed by atoms with Crippen LogP contribution in [-0.4, -0.2) is 29.6 Å². The van der Waals surface area contributed by atoms with Crippen LogP contribution in [0.15, 0.2) is 48.5 Å². The summed E-state index contributed by atoms with van der Waals surface area (Å²) >= 11 is 13.6. The van der Waals surface area contributed by atoms with Gasteiger partial charge in [0, 0.05) is 18.8 Å². The largest absolute Gasteiger partial charge is 0.342 e. The van der Waals surface area contributed by atoms with Crippen molar-refractivity contribution in [1.82, 2.24) is 4.90 Å². The van der Waals surface area contributed by atoms with Crippen molar-refractivity contribution in [3.05, 3.63) is 69.7 Å². The molecule has 0 N–H and O–H groups in total. The van der Waals surface area contributed by atoms with E-state index in [0.29, 0.717) is 21.7 Å². The fourth-order valence-corrected chi connectivity index (χ4v) is 4.51. The van der Waals surface area contributed by atoms with E-state index in [0.717, 1.165) is 43.7 Å². The highest BCUT2D eigenvalue weighted by Gasteiger charge is 2.22. The molecule has 1 amide bonds. The quantitative estimate of drug-likeness (QED) is 0.610. The summed E-state index contributed by atoms with van der Waals surface area (Å²) in [6.07, 6.45) is 3.31. The lowest BCUT2D eigenvalue weighted by molar-refractivity contribution is -0.129. The minimum Gasteiger partial charge on any atom is -0.342 e. The Hall–Kier alpha value is -1.16. The van der Waals surface area contributed by atoms with E-state index < -0.39 is 0 Å². The fraction of sp³-hybridized carbons (Fsp3) is 0.381. The Kier molecular flexibility index (Phi) is 7.30. The zero-order valence-electron chi connectivity index (χ0n) is 14.7. The maximum absolute atomic E-state index is 12.4. The number of hydrogen-bond acceptors (Lipinski definition) is 2. The van der Waals surface area contributed by atoms with E-state index in [4.69, 9.17) is 23.2 Å². The van der Waals surface area contributed by atoms with Gasteiger partial charge in [0.15, 0.2) is 0 Å². The zero-order chi connectivity index (χ0) is 18.4. The Labute approximate surface area is 169 Å². The summed E-state index contributed by atoms with van der Waals surface area (Å²) in [6, 6.07) is 16.3. The Balaban J connectivity index is 1.38. The molecule has 2 nitrogen and oxygen atoms in total. The van der Waals surface area contributed by atoms with Gasteiger partial charge in [-0.1, -0.05) is 59.6 Å². The maximum Gasteiger partial charge on any atom is 0.232 e. The van der Waals surface area contributed by atoms with Gasteiger partial charge in [-0.25, -0.2) is 0 Å². The van der Waals surface area contributed by atoms with Crippen LogP contribution < -0.4 is 0 Å². The lowest BCUT2D eigenvalue weighted by Crippen LogP contribution is -2.39. The highest BCUT2D eigenvalue weighted by atomic mass is 35.5. The summed E-state index contributed by atoms with van der Waals surface area (Å²) in [5.41, 5.74) is 2.49. The molecule has 5 heteroatoms. The van der Waals surface area contributed by atoms with Crippen LogP contribution >= 0.6 is 35.0 Å². The van der Waals surface area contributed by atoms with Gasteiger partial charge < -0.3 is 4.90 Å². The van der Waals surface area contributed by atoms with Crippen molar-refractivity contribution >= 4 is 40.9 Å². The topological polar surface area (TPSA) is 20.3 Å². The van der Waals surface area contributed by atoms with Gasteiger partial charge in [-0.15, -0.1) is 11.8 Å². The molecule has 2 aromatic carbocycles. The van der Waals surface area contributed by atoms with Gasteiger partial charge in [-0.05, 0) is 48.4 Å². The van der Waals surface area contributed by atoms with E-state index in [1.54, 1.807) is 17.8 Å². The van der Waals surface area contributed by atoms with Crippen molar-refractivity contribution in [2.24, 2.45) is 5.92 Å². The van der Waals surface area contributed by atoms with Gasteiger partial charge in [0.2, 0.25) is 5.91 Å². The molecule has 0 atom stereocenters. The number of halogens is 2.